The summed E-state index contributed by atoms with van der Waals surface area (Å²) in [6.07, 6.45) is 4.84. The van der Waals surface area contributed by atoms with Crippen molar-refractivity contribution in [3.05, 3.63) is 35.9 Å². The van der Waals surface area contributed by atoms with E-state index in [0.29, 0.717) is 6.04 Å². The fraction of sp³-hybridized carbons (Fsp3) is 0.600. The molecule has 0 amide bonds. The number of hydrogen-bond acceptors (Lipinski definition) is 2. The van der Waals surface area contributed by atoms with Gasteiger partial charge in [-0.1, -0.05) is 30.3 Å². The van der Waals surface area contributed by atoms with Crippen LogP contribution >= 0.6 is 0 Å². The molecule has 0 aromatic heterocycles. The second-order valence-electron chi connectivity index (χ2n) is 5.61. The summed E-state index contributed by atoms with van der Waals surface area (Å²) in [6, 6.07) is 11.2. The SMILES string of the molecule is OC[C@@H]1C[C@H]2CCCC[N@+]2(Cc2ccccc2)O1. The van der Waals surface area contributed by atoms with Crippen molar-refractivity contribution in [1.29, 1.82) is 0 Å². The monoisotopic (exact) mass is 248 g/mol. The average molecular weight is 248 g/mol. The summed E-state index contributed by atoms with van der Waals surface area (Å²) in [6.45, 7) is 2.20. The molecule has 0 unspecified atom stereocenters. The molecule has 18 heavy (non-hydrogen) atoms. The molecule has 0 spiro atoms. The Balaban J connectivity index is 1.81. The van der Waals surface area contributed by atoms with Gasteiger partial charge >= 0.3 is 0 Å². The maximum Gasteiger partial charge on any atom is 0.145 e. The number of aliphatic hydroxyl groups excluding tert-OH is 1. The van der Waals surface area contributed by atoms with Gasteiger partial charge in [0.15, 0.2) is 0 Å². The second-order valence-corrected chi connectivity index (χ2v) is 5.61. The van der Waals surface area contributed by atoms with Gasteiger partial charge in [0.25, 0.3) is 0 Å². The third-order valence-corrected chi connectivity index (χ3v) is 4.38. The van der Waals surface area contributed by atoms with Crippen molar-refractivity contribution >= 4 is 0 Å². The maximum atomic E-state index is 9.36. The number of fused-ring (bicyclic) bond motifs is 1. The third-order valence-electron chi connectivity index (χ3n) is 4.38. The van der Waals surface area contributed by atoms with Crippen LogP contribution < -0.4 is 0 Å². The minimum Gasteiger partial charge on any atom is -0.393 e. The van der Waals surface area contributed by atoms with Crippen LogP contribution in [0.4, 0.5) is 0 Å². The molecule has 0 bridgehead atoms. The molecule has 1 aromatic carbocycles. The molecule has 2 aliphatic rings. The highest BCUT2D eigenvalue weighted by atomic mass is 16.7. The zero-order valence-corrected chi connectivity index (χ0v) is 10.8. The van der Waals surface area contributed by atoms with Gasteiger partial charge < -0.3 is 5.11 Å². The molecule has 3 nitrogen and oxygen atoms in total. The zero-order valence-electron chi connectivity index (χ0n) is 10.8. The molecule has 3 rings (SSSR count). The molecule has 1 N–H and O–H groups in total. The summed E-state index contributed by atoms with van der Waals surface area (Å²) in [5.74, 6) is 0. The van der Waals surface area contributed by atoms with Crippen molar-refractivity contribution in [2.45, 2.75) is 44.4 Å². The summed E-state index contributed by atoms with van der Waals surface area (Å²) in [5.41, 5.74) is 1.34. The van der Waals surface area contributed by atoms with Crippen LogP contribution in [-0.4, -0.2) is 35.1 Å². The lowest BCUT2D eigenvalue weighted by Crippen LogP contribution is -2.52. The first kappa shape index (κ1) is 12.2. The molecule has 2 heterocycles. The highest BCUT2D eigenvalue weighted by Crippen LogP contribution is 2.38. The first-order chi connectivity index (χ1) is 8.82. The second kappa shape index (κ2) is 5.00. The topological polar surface area (TPSA) is 29.5 Å². The van der Waals surface area contributed by atoms with E-state index in [4.69, 9.17) is 4.84 Å². The molecule has 0 radical (unpaired) electrons. The summed E-state index contributed by atoms with van der Waals surface area (Å²) >= 11 is 0. The van der Waals surface area contributed by atoms with Gasteiger partial charge in [-0.3, -0.25) is 0 Å². The van der Waals surface area contributed by atoms with Gasteiger partial charge in [0, 0.05) is 18.4 Å². The van der Waals surface area contributed by atoms with Gasteiger partial charge in [0.2, 0.25) is 0 Å². The number of piperidine rings is 1. The van der Waals surface area contributed by atoms with Crippen molar-refractivity contribution in [1.82, 2.24) is 0 Å². The van der Waals surface area contributed by atoms with Gasteiger partial charge in [-0.25, -0.2) is 0 Å². The lowest BCUT2D eigenvalue weighted by molar-refractivity contribution is -1.12. The highest BCUT2D eigenvalue weighted by molar-refractivity contribution is 5.13. The van der Waals surface area contributed by atoms with Crippen molar-refractivity contribution < 1.29 is 14.6 Å². The van der Waals surface area contributed by atoms with Gasteiger partial charge in [0.1, 0.15) is 25.2 Å². The summed E-state index contributed by atoms with van der Waals surface area (Å²) in [5, 5.41) is 9.36. The minimum atomic E-state index is 0.0387. The third kappa shape index (κ3) is 2.18. The van der Waals surface area contributed by atoms with E-state index in [0.717, 1.165) is 24.2 Å². The zero-order chi connectivity index (χ0) is 12.4. The Kier molecular flexibility index (Phi) is 3.37. The van der Waals surface area contributed by atoms with Gasteiger partial charge in [0.05, 0.1) is 6.61 Å². The van der Waals surface area contributed by atoms with Crippen LogP contribution in [0.1, 0.15) is 31.2 Å². The number of aliphatic hydroxyl groups is 1. The molecule has 98 valence electrons. The Labute approximate surface area is 109 Å². The predicted octanol–water partition coefficient (Wildman–Crippen LogP) is 2.25. The van der Waals surface area contributed by atoms with E-state index in [9.17, 15) is 5.11 Å². The molecule has 2 saturated heterocycles. The minimum absolute atomic E-state index is 0.0387. The summed E-state index contributed by atoms with van der Waals surface area (Å²) < 4.78 is 0.745. The van der Waals surface area contributed by atoms with E-state index in [1.807, 2.05) is 0 Å². The molecular formula is C15H22NO2+. The Morgan fingerprint density at radius 1 is 1.22 bits per heavy atom. The van der Waals surface area contributed by atoms with E-state index >= 15 is 0 Å². The largest absolute Gasteiger partial charge is 0.393 e. The van der Waals surface area contributed by atoms with E-state index in [1.54, 1.807) is 0 Å². The first-order valence-electron chi connectivity index (χ1n) is 7.02. The average Bonchev–Trinajstić information content (AvgIpc) is 2.78. The standard InChI is InChI=1S/C15H22NO2/c17-12-15-10-14-8-4-5-9-16(14,18-15)11-13-6-2-1-3-7-13/h1-3,6-7,14-15,17H,4-5,8-12H2/q+1/t14-,15+,16-/m1/s1. The Hall–Kier alpha value is -0.900. The molecule has 2 fully saturated rings. The maximum absolute atomic E-state index is 9.36. The van der Waals surface area contributed by atoms with Crippen molar-refractivity contribution in [3.8, 4) is 0 Å². The van der Waals surface area contributed by atoms with Gasteiger partial charge in [-0.15, -0.1) is 0 Å². The molecular weight excluding hydrogens is 226 g/mol. The van der Waals surface area contributed by atoms with Crippen molar-refractivity contribution in [2.75, 3.05) is 13.2 Å². The van der Waals surface area contributed by atoms with Crippen LogP contribution in [0.15, 0.2) is 30.3 Å². The van der Waals surface area contributed by atoms with Gasteiger partial charge in [-0.2, -0.15) is 9.48 Å². The Morgan fingerprint density at radius 3 is 2.83 bits per heavy atom. The van der Waals surface area contributed by atoms with E-state index < -0.39 is 0 Å². The van der Waals surface area contributed by atoms with Crippen LogP contribution in [0.25, 0.3) is 0 Å². The smallest absolute Gasteiger partial charge is 0.145 e. The van der Waals surface area contributed by atoms with E-state index in [1.165, 1.54) is 24.8 Å². The molecule has 0 saturated carbocycles. The number of quaternary nitrogens is 1. The summed E-state index contributed by atoms with van der Waals surface area (Å²) in [7, 11) is 0. The quantitative estimate of drug-likeness (QED) is 0.831. The summed E-state index contributed by atoms with van der Waals surface area (Å²) in [4.78, 5) is 6.19. The van der Waals surface area contributed by atoms with Crippen molar-refractivity contribution in [2.24, 2.45) is 0 Å². The highest BCUT2D eigenvalue weighted by Gasteiger charge is 2.50. The normalized spacial score (nSPS) is 35.4. The van der Waals surface area contributed by atoms with Crippen LogP contribution in [0.2, 0.25) is 0 Å². The fourth-order valence-corrected chi connectivity index (χ4v) is 3.52. The van der Waals surface area contributed by atoms with Gasteiger partial charge in [-0.05, 0) is 12.8 Å². The molecule has 1 aromatic rings. The van der Waals surface area contributed by atoms with E-state index in [-0.39, 0.29) is 12.7 Å². The van der Waals surface area contributed by atoms with Crippen LogP contribution in [0.3, 0.4) is 0 Å². The van der Waals surface area contributed by atoms with E-state index in [2.05, 4.69) is 30.3 Å². The Morgan fingerprint density at radius 2 is 2.06 bits per heavy atom. The molecule has 2 aliphatic heterocycles. The number of benzene rings is 1. The predicted molar refractivity (Wildman–Crippen MR) is 69.5 cm³/mol. The first-order valence-corrected chi connectivity index (χ1v) is 7.02. The van der Waals surface area contributed by atoms with Crippen molar-refractivity contribution in [3.63, 3.8) is 0 Å². The van der Waals surface area contributed by atoms with Crippen LogP contribution in [0, 0.1) is 0 Å². The van der Waals surface area contributed by atoms with Crippen LogP contribution in [0.5, 0.6) is 0 Å². The number of hydrogen-bond donors (Lipinski definition) is 1. The molecule has 3 atom stereocenters. The van der Waals surface area contributed by atoms with Crippen LogP contribution in [-0.2, 0) is 11.4 Å². The lowest BCUT2D eigenvalue weighted by atomic mass is 9.97. The number of nitrogens with zero attached hydrogens (tertiary/aromatic N) is 1. The fourth-order valence-electron chi connectivity index (χ4n) is 3.52. The lowest BCUT2D eigenvalue weighted by Gasteiger charge is -2.39. The Bertz CT molecular complexity index is 395. The number of rotatable bonds is 3. The molecule has 0 aliphatic carbocycles. The number of hydroxylamine groups is 3. The molecule has 3 heteroatoms.